The third-order valence-corrected chi connectivity index (χ3v) is 3.26. The van der Waals surface area contributed by atoms with E-state index in [1.807, 2.05) is 6.08 Å². The second-order valence-corrected chi connectivity index (χ2v) is 4.97. The summed E-state index contributed by atoms with van der Waals surface area (Å²) < 4.78 is 5.36. The molecule has 0 atom stereocenters. The molecule has 0 spiro atoms. The Morgan fingerprint density at radius 2 is 1.79 bits per heavy atom. The SMILES string of the molecule is CCC=CCCC=CCNC(=O)OC1CCCCC1. The second-order valence-electron chi connectivity index (χ2n) is 4.97. The molecule has 3 heteroatoms. The summed E-state index contributed by atoms with van der Waals surface area (Å²) in [5, 5.41) is 2.77. The van der Waals surface area contributed by atoms with Gasteiger partial charge < -0.3 is 10.1 Å². The first-order valence-electron chi connectivity index (χ1n) is 7.57. The van der Waals surface area contributed by atoms with E-state index in [4.69, 9.17) is 4.74 Å². The number of rotatable bonds is 7. The average Bonchev–Trinajstić information content (AvgIpc) is 2.43. The number of ether oxygens (including phenoxy) is 1. The van der Waals surface area contributed by atoms with Crippen molar-refractivity contribution in [2.45, 2.75) is 64.4 Å². The topological polar surface area (TPSA) is 38.3 Å². The van der Waals surface area contributed by atoms with Gasteiger partial charge in [0.2, 0.25) is 0 Å². The van der Waals surface area contributed by atoms with Gasteiger partial charge in [0.25, 0.3) is 0 Å². The van der Waals surface area contributed by atoms with Crippen LogP contribution in [0.5, 0.6) is 0 Å². The molecule has 1 saturated carbocycles. The summed E-state index contributed by atoms with van der Waals surface area (Å²) in [6, 6.07) is 0. The molecule has 1 amide bonds. The summed E-state index contributed by atoms with van der Waals surface area (Å²) in [6.07, 6.45) is 17.2. The third kappa shape index (κ3) is 8.46. The number of allylic oxidation sites excluding steroid dienone is 3. The molecule has 0 radical (unpaired) electrons. The van der Waals surface area contributed by atoms with E-state index in [1.165, 1.54) is 19.3 Å². The molecule has 0 aromatic rings. The van der Waals surface area contributed by atoms with Crippen LogP contribution in [0.1, 0.15) is 58.3 Å². The molecule has 1 aliphatic carbocycles. The van der Waals surface area contributed by atoms with Gasteiger partial charge in [0.05, 0.1) is 0 Å². The summed E-state index contributed by atoms with van der Waals surface area (Å²) in [6.45, 7) is 2.69. The zero-order valence-electron chi connectivity index (χ0n) is 12.1. The number of carbonyl (C=O) groups is 1. The maximum atomic E-state index is 11.5. The highest BCUT2D eigenvalue weighted by atomic mass is 16.6. The first kappa shape index (κ1) is 15.8. The van der Waals surface area contributed by atoms with E-state index in [0.29, 0.717) is 6.54 Å². The maximum Gasteiger partial charge on any atom is 0.407 e. The molecule has 0 unspecified atom stereocenters. The molecule has 19 heavy (non-hydrogen) atoms. The van der Waals surface area contributed by atoms with Crippen molar-refractivity contribution in [2.24, 2.45) is 0 Å². The number of hydrogen-bond acceptors (Lipinski definition) is 2. The lowest BCUT2D eigenvalue weighted by Crippen LogP contribution is -2.30. The van der Waals surface area contributed by atoms with Crippen LogP contribution < -0.4 is 5.32 Å². The predicted octanol–water partition coefficient (Wildman–Crippen LogP) is 4.35. The van der Waals surface area contributed by atoms with Crippen LogP contribution in [0, 0.1) is 0 Å². The summed E-state index contributed by atoms with van der Waals surface area (Å²) >= 11 is 0. The van der Waals surface area contributed by atoms with Crippen LogP contribution in [0.2, 0.25) is 0 Å². The van der Waals surface area contributed by atoms with Crippen LogP contribution in [-0.2, 0) is 4.74 Å². The molecule has 0 aromatic carbocycles. The molecule has 0 heterocycles. The first-order chi connectivity index (χ1) is 9.33. The standard InChI is InChI=1S/C16H27NO2/c1-2-3-4-5-6-7-11-14-17-16(18)19-15-12-9-8-10-13-15/h3-4,7,11,15H,2,5-6,8-10,12-14H2,1H3,(H,17,18). The molecule has 108 valence electrons. The van der Waals surface area contributed by atoms with Gasteiger partial charge in [0.15, 0.2) is 0 Å². The smallest absolute Gasteiger partial charge is 0.407 e. The lowest BCUT2D eigenvalue weighted by molar-refractivity contribution is 0.0761. The molecule has 0 bridgehead atoms. The number of alkyl carbamates (subject to hydrolysis) is 1. The lowest BCUT2D eigenvalue weighted by Gasteiger charge is -2.21. The van der Waals surface area contributed by atoms with Crippen LogP contribution in [0.25, 0.3) is 0 Å². The largest absolute Gasteiger partial charge is 0.446 e. The molecule has 0 aliphatic heterocycles. The van der Waals surface area contributed by atoms with E-state index in [0.717, 1.165) is 32.1 Å². The van der Waals surface area contributed by atoms with E-state index >= 15 is 0 Å². The lowest BCUT2D eigenvalue weighted by atomic mass is 9.98. The molecule has 0 saturated heterocycles. The molecule has 0 aromatic heterocycles. The summed E-state index contributed by atoms with van der Waals surface area (Å²) in [5.41, 5.74) is 0. The zero-order chi connectivity index (χ0) is 13.8. The first-order valence-corrected chi connectivity index (χ1v) is 7.57. The highest BCUT2D eigenvalue weighted by molar-refractivity contribution is 5.67. The fraction of sp³-hybridized carbons (Fsp3) is 0.688. The molecule has 1 N–H and O–H groups in total. The van der Waals surface area contributed by atoms with E-state index in [1.54, 1.807) is 0 Å². The maximum absolute atomic E-state index is 11.5. The van der Waals surface area contributed by atoms with Crippen LogP contribution >= 0.6 is 0 Å². The van der Waals surface area contributed by atoms with Gasteiger partial charge in [-0.3, -0.25) is 0 Å². The fourth-order valence-electron chi connectivity index (χ4n) is 2.20. The van der Waals surface area contributed by atoms with Crippen molar-refractivity contribution in [1.29, 1.82) is 0 Å². The van der Waals surface area contributed by atoms with Crippen molar-refractivity contribution in [2.75, 3.05) is 6.54 Å². The average molecular weight is 265 g/mol. The van der Waals surface area contributed by atoms with Crippen LogP contribution in [-0.4, -0.2) is 18.7 Å². The molecule has 1 fully saturated rings. The normalized spacial score (nSPS) is 17.1. The van der Waals surface area contributed by atoms with Gasteiger partial charge in [-0.1, -0.05) is 37.6 Å². The minimum atomic E-state index is -0.276. The van der Waals surface area contributed by atoms with Crippen molar-refractivity contribution in [3.63, 3.8) is 0 Å². The number of nitrogens with one attached hydrogen (secondary N) is 1. The van der Waals surface area contributed by atoms with E-state index < -0.39 is 0 Å². The monoisotopic (exact) mass is 265 g/mol. The van der Waals surface area contributed by atoms with Gasteiger partial charge in [0.1, 0.15) is 6.10 Å². The fourth-order valence-corrected chi connectivity index (χ4v) is 2.20. The minimum absolute atomic E-state index is 0.136. The number of hydrogen-bond donors (Lipinski definition) is 1. The number of unbranched alkanes of at least 4 members (excludes halogenated alkanes) is 1. The van der Waals surface area contributed by atoms with Crippen molar-refractivity contribution in [3.05, 3.63) is 24.3 Å². The Morgan fingerprint density at radius 3 is 2.47 bits per heavy atom. The van der Waals surface area contributed by atoms with Gasteiger partial charge in [-0.15, -0.1) is 0 Å². The summed E-state index contributed by atoms with van der Waals surface area (Å²) in [5.74, 6) is 0. The molecule has 3 nitrogen and oxygen atoms in total. The highest BCUT2D eigenvalue weighted by Gasteiger charge is 2.16. The molecule has 1 rings (SSSR count). The van der Waals surface area contributed by atoms with Crippen molar-refractivity contribution in [3.8, 4) is 0 Å². The molecular weight excluding hydrogens is 238 g/mol. The molecular formula is C16H27NO2. The van der Waals surface area contributed by atoms with E-state index in [2.05, 4.69) is 30.5 Å². The van der Waals surface area contributed by atoms with Crippen molar-refractivity contribution in [1.82, 2.24) is 5.32 Å². The summed E-state index contributed by atoms with van der Waals surface area (Å²) in [7, 11) is 0. The Balaban J connectivity index is 2.00. The highest BCUT2D eigenvalue weighted by Crippen LogP contribution is 2.20. The van der Waals surface area contributed by atoms with Gasteiger partial charge in [0, 0.05) is 6.54 Å². The van der Waals surface area contributed by atoms with Crippen molar-refractivity contribution >= 4 is 6.09 Å². The Morgan fingerprint density at radius 1 is 1.11 bits per heavy atom. The van der Waals surface area contributed by atoms with Crippen LogP contribution in [0.15, 0.2) is 24.3 Å². The van der Waals surface area contributed by atoms with Gasteiger partial charge in [-0.05, 0) is 44.9 Å². The van der Waals surface area contributed by atoms with Crippen LogP contribution in [0.4, 0.5) is 4.79 Å². The van der Waals surface area contributed by atoms with Gasteiger partial charge in [-0.2, -0.15) is 0 Å². The minimum Gasteiger partial charge on any atom is -0.446 e. The third-order valence-electron chi connectivity index (χ3n) is 3.26. The quantitative estimate of drug-likeness (QED) is 0.549. The van der Waals surface area contributed by atoms with Gasteiger partial charge in [-0.25, -0.2) is 4.79 Å². The Bertz CT molecular complexity index is 291. The second kappa shape index (κ2) is 10.7. The van der Waals surface area contributed by atoms with E-state index in [9.17, 15) is 4.79 Å². The number of amides is 1. The Labute approximate surface area is 117 Å². The number of carbonyl (C=O) groups excluding carboxylic acids is 1. The summed E-state index contributed by atoms with van der Waals surface area (Å²) in [4.78, 5) is 11.5. The molecule has 1 aliphatic rings. The van der Waals surface area contributed by atoms with Crippen LogP contribution in [0.3, 0.4) is 0 Å². The Hall–Kier alpha value is -1.25. The van der Waals surface area contributed by atoms with Gasteiger partial charge >= 0.3 is 6.09 Å². The van der Waals surface area contributed by atoms with Crippen molar-refractivity contribution < 1.29 is 9.53 Å². The predicted molar refractivity (Wildman–Crippen MR) is 79.2 cm³/mol. The zero-order valence-corrected chi connectivity index (χ0v) is 12.1. The Kier molecular flexibility index (Phi) is 8.86. The van der Waals surface area contributed by atoms with E-state index in [-0.39, 0.29) is 12.2 Å².